The summed E-state index contributed by atoms with van der Waals surface area (Å²) in [7, 11) is 0. The molecule has 126 valence electrons. The number of nitrogens with one attached hydrogen (secondary N) is 2. The molecule has 0 spiro atoms. The summed E-state index contributed by atoms with van der Waals surface area (Å²) in [5, 5.41) is 7.26. The first-order valence-corrected chi connectivity index (χ1v) is 7.02. The normalized spacial score (nSPS) is 10.2. The highest BCUT2D eigenvalue weighted by Crippen LogP contribution is 1.94. The third-order valence-electron chi connectivity index (χ3n) is 2.09. The number of pyridine rings is 1. The number of amides is 2. The maximum Gasteiger partial charge on any atom is 0.272 e. The minimum Gasteiger partial charge on any atom is -0.330 e. The van der Waals surface area contributed by atoms with Gasteiger partial charge in [0.2, 0.25) is 5.91 Å². The van der Waals surface area contributed by atoms with Gasteiger partial charge < -0.3 is 11.5 Å². The van der Waals surface area contributed by atoms with E-state index in [1.54, 1.807) is 30.8 Å². The Hall–Kier alpha value is -2.65. The van der Waals surface area contributed by atoms with Gasteiger partial charge in [0.05, 0.1) is 5.56 Å². The van der Waals surface area contributed by atoms with E-state index in [2.05, 4.69) is 26.0 Å². The van der Waals surface area contributed by atoms with E-state index in [0.717, 1.165) is 0 Å². The van der Waals surface area contributed by atoms with E-state index in [1.165, 1.54) is 13.1 Å². The summed E-state index contributed by atoms with van der Waals surface area (Å²) in [6.07, 6.45) is 7.56. The second-order valence-corrected chi connectivity index (χ2v) is 4.13. The highest BCUT2D eigenvalue weighted by Gasteiger charge is 2.01. The molecule has 1 aromatic rings. The second kappa shape index (κ2) is 14.3. The minimum atomic E-state index is -0.272. The maximum absolute atomic E-state index is 11.3. The third-order valence-corrected chi connectivity index (χ3v) is 2.09. The van der Waals surface area contributed by atoms with Gasteiger partial charge >= 0.3 is 0 Å². The van der Waals surface area contributed by atoms with Gasteiger partial charge in [-0.1, -0.05) is 0 Å². The molecule has 0 bridgehead atoms. The average molecular weight is 321 g/mol. The third kappa shape index (κ3) is 12.8. The predicted molar refractivity (Wildman–Crippen MR) is 89.8 cm³/mol. The van der Waals surface area contributed by atoms with Crippen LogP contribution in [0.25, 0.3) is 0 Å². The van der Waals surface area contributed by atoms with Gasteiger partial charge in [0.1, 0.15) is 0 Å². The van der Waals surface area contributed by atoms with Crippen LogP contribution in [-0.2, 0) is 4.79 Å². The molecule has 6 N–H and O–H groups in total. The fourth-order valence-electron chi connectivity index (χ4n) is 1.08. The molecule has 0 unspecified atom stereocenters. The van der Waals surface area contributed by atoms with Crippen molar-refractivity contribution < 1.29 is 9.59 Å². The molecule has 0 atom stereocenters. The number of carbonyl (C=O) groups is 2. The molecule has 0 saturated carbocycles. The summed E-state index contributed by atoms with van der Waals surface area (Å²) >= 11 is 0. The van der Waals surface area contributed by atoms with Crippen molar-refractivity contribution in [1.29, 1.82) is 0 Å². The standard InChI is InChI=1S/C9H12N4O.C5H11N3O/c10-4-2-6-12-13-9(14)8-3-1-5-11-7-8;1-5(9)8-7-4-2-3-6/h1,3,5-7H,2,4,10H2,(H,13,14);4H,2-3,6H2,1H3,(H,8,9)/b12-6+;7-4+. The average Bonchev–Trinajstić information content (AvgIpc) is 2.57. The Balaban J connectivity index is 0.000000468. The van der Waals surface area contributed by atoms with Crippen molar-refractivity contribution in [3.63, 3.8) is 0 Å². The van der Waals surface area contributed by atoms with Crippen molar-refractivity contribution in [2.24, 2.45) is 21.7 Å². The lowest BCUT2D eigenvalue weighted by Crippen LogP contribution is -2.17. The lowest BCUT2D eigenvalue weighted by atomic mass is 10.3. The number of nitrogens with zero attached hydrogens (tertiary/aromatic N) is 3. The summed E-state index contributed by atoms with van der Waals surface area (Å²) in [5.41, 5.74) is 15.5. The molecule has 0 aliphatic carbocycles. The van der Waals surface area contributed by atoms with Gasteiger partial charge in [-0.05, 0) is 38.1 Å². The fourth-order valence-corrected chi connectivity index (χ4v) is 1.08. The summed E-state index contributed by atoms with van der Waals surface area (Å²) in [5.74, 6) is -0.436. The molecule has 0 aromatic carbocycles. The summed E-state index contributed by atoms with van der Waals surface area (Å²) in [4.78, 5) is 25.3. The number of carbonyl (C=O) groups excluding carboxylic acids is 2. The maximum atomic E-state index is 11.3. The van der Waals surface area contributed by atoms with Gasteiger partial charge in [0.15, 0.2) is 0 Å². The lowest BCUT2D eigenvalue weighted by molar-refractivity contribution is -0.118. The predicted octanol–water partition coefficient (Wildman–Crippen LogP) is -0.397. The molecule has 0 saturated heterocycles. The first-order chi connectivity index (χ1) is 11.1. The van der Waals surface area contributed by atoms with Gasteiger partial charge in [-0.2, -0.15) is 10.2 Å². The van der Waals surface area contributed by atoms with Gasteiger partial charge in [0, 0.05) is 31.7 Å². The van der Waals surface area contributed by atoms with Gasteiger partial charge in [-0.15, -0.1) is 0 Å². The number of aromatic nitrogens is 1. The number of hydrogen-bond acceptors (Lipinski definition) is 7. The molecule has 0 fully saturated rings. The van der Waals surface area contributed by atoms with Crippen molar-refractivity contribution in [1.82, 2.24) is 15.8 Å². The number of hydrazone groups is 2. The van der Waals surface area contributed by atoms with E-state index >= 15 is 0 Å². The van der Waals surface area contributed by atoms with Crippen molar-refractivity contribution in [2.45, 2.75) is 19.8 Å². The molecule has 1 aromatic heterocycles. The van der Waals surface area contributed by atoms with Crippen LogP contribution >= 0.6 is 0 Å². The molecule has 2 amide bonds. The van der Waals surface area contributed by atoms with Crippen LogP contribution < -0.4 is 22.3 Å². The molecule has 23 heavy (non-hydrogen) atoms. The zero-order chi connectivity index (χ0) is 17.3. The Morgan fingerprint density at radius 3 is 2.26 bits per heavy atom. The molecule has 0 aliphatic rings. The van der Waals surface area contributed by atoms with E-state index in [0.29, 0.717) is 31.5 Å². The molecule has 1 rings (SSSR count). The number of nitrogens with two attached hydrogens (primary N) is 2. The van der Waals surface area contributed by atoms with Crippen LogP contribution in [0, 0.1) is 0 Å². The van der Waals surface area contributed by atoms with E-state index < -0.39 is 0 Å². The SMILES string of the molecule is CC(=O)N/N=C/CCN.NCC/C=N/NC(=O)c1cccnc1. The topological polar surface area (TPSA) is 148 Å². The molecule has 0 aliphatic heterocycles. The Morgan fingerprint density at radius 1 is 1.17 bits per heavy atom. The summed E-state index contributed by atoms with van der Waals surface area (Å²) in [6, 6.07) is 3.36. The van der Waals surface area contributed by atoms with E-state index in [1.807, 2.05) is 0 Å². The van der Waals surface area contributed by atoms with Crippen LogP contribution in [0.15, 0.2) is 34.7 Å². The molecule has 0 radical (unpaired) electrons. The fraction of sp³-hybridized carbons (Fsp3) is 0.357. The number of rotatable bonds is 7. The first kappa shape index (κ1) is 20.3. The van der Waals surface area contributed by atoms with Crippen molar-refractivity contribution in [2.75, 3.05) is 13.1 Å². The van der Waals surface area contributed by atoms with Crippen molar-refractivity contribution >= 4 is 24.2 Å². The molecule has 9 heteroatoms. The summed E-state index contributed by atoms with van der Waals surface area (Å²) < 4.78 is 0. The lowest BCUT2D eigenvalue weighted by Gasteiger charge is -1.97. The van der Waals surface area contributed by atoms with Gasteiger partial charge in [-0.3, -0.25) is 14.6 Å². The molecule has 1 heterocycles. The number of hydrogen-bond donors (Lipinski definition) is 4. The first-order valence-electron chi connectivity index (χ1n) is 7.02. The quantitative estimate of drug-likeness (QED) is 0.398. The van der Waals surface area contributed by atoms with Crippen LogP contribution in [0.2, 0.25) is 0 Å². The van der Waals surface area contributed by atoms with E-state index in [4.69, 9.17) is 11.5 Å². The Morgan fingerprint density at radius 2 is 1.78 bits per heavy atom. The second-order valence-electron chi connectivity index (χ2n) is 4.13. The highest BCUT2D eigenvalue weighted by molar-refractivity contribution is 5.93. The molecular weight excluding hydrogens is 298 g/mol. The Labute approximate surface area is 135 Å². The zero-order valence-electron chi connectivity index (χ0n) is 13.1. The van der Waals surface area contributed by atoms with Crippen LogP contribution in [-0.4, -0.2) is 42.3 Å². The van der Waals surface area contributed by atoms with Crippen LogP contribution in [0.1, 0.15) is 30.1 Å². The van der Waals surface area contributed by atoms with Gasteiger partial charge in [-0.25, -0.2) is 10.9 Å². The van der Waals surface area contributed by atoms with E-state index in [-0.39, 0.29) is 11.8 Å². The van der Waals surface area contributed by atoms with Crippen molar-refractivity contribution in [3.8, 4) is 0 Å². The zero-order valence-corrected chi connectivity index (χ0v) is 13.1. The Kier molecular flexibility index (Phi) is 12.6. The largest absolute Gasteiger partial charge is 0.330 e. The van der Waals surface area contributed by atoms with E-state index in [9.17, 15) is 9.59 Å². The molecular formula is C14H23N7O2. The summed E-state index contributed by atoms with van der Waals surface area (Å²) in [6.45, 7) is 2.48. The smallest absolute Gasteiger partial charge is 0.272 e. The molecule has 9 nitrogen and oxygen atoms in total. The van der Waals surface area contributed by atoms with Crippen LogP contribution in [0.5, 0.6) is 0 Å². The monoisotopic (exact) mass is 321 g/mol. The van der Waals surface area contributed by atoms with Crippen LogP contribution in [0.4, 0.5) is 0 Å². The highest BCUT2D eigenvalue weighted by atomic mass is 16.2. The van der Waals surface area contributed by atoms with Crippen molar-refractivity contribution in [3.05, 3.63) is 30.1 Å². The van der Waals surface area contributed by atoms with Crippen LogP contribution in [0.3, 0.4) is 0 Å². The Bertz CT molecular complexity index is 503. The van der Waals surface area contributed by atoms with Gasteiger partial charge in [0.25, 0.3) is 5.91 Å². The minimum absolute atomic E-state index is 0.164.